The van der Waals surface area contributed by atoms with Gasteiger partial charge in [-0.25, -0.2) is 14.6 Å². The van der Waals surface area contributed by atoms with Crippen molar-refractivity contribution in [2.75, 3.05) is 0 Å². The molecule has 0 spiro atoms. The highest BCUT2D eigenvalue weighted by Crippen LogP contribution is 2.30. The van der Waals surface area contributed by atoms with Gasteiger partial charge in [0.2, 0.25) is 0 Å². The first-order valence-electron chi connectivity index (χ1n) is 7.81. The highest BCUT2D eigenvalue weighted by atomic mass is 32.1. The van der Waals surface area contributed by atoms with Crippen LogP contribution in [0.25, 0.3) is 21.6 Å². The Labute approximate surface area is 152 Å². The molecule has 0 amide bonds. The zero-order valence-corrected chi connectivity index (χ0v) is 15.1. The monoisotopic (exact) mass is 372 g/mol. The van der Waals surface area contributed by atoms with Crippen molar-refractivity contribution in [3.05, 3.63) is 50.6 Å². The molecule has 3 aromatic rings. The van der Waals surface area contributed by atoms with Crippen LogP contribution in [0.1, 0.15) is 33.8 Å². The van der Waals surface area contributed by atoms with Crippen molar-refractivity contribution in [3.63, 3.8) is 0 Å². The van der Waals surface area contributed by atoms with Gasteiger partial charge < -0.3 is 10.2 Å². The van der Waals surface area contributed by atoms with Crippen LogP contribution in [0.5, 0.6) is 0 Å². The maximum Gasteiger partial charge on any atom is 0.346 e. The first kappa shape index (κ1) is 17.8. The predicted octanol–water partition coefficient (Wildman–Crippen LogP) is 3.09. The second-order valence-corrected chi connectivity index (χ2v) is 7.03. The Balaban J connectivity index is 2.44. The molecule has 1 aromatic carbocycles. The normalized spacial score (nSPS) is 12.3. The van der Waals surface area contributed by atoms with Crippen molar-refractivity contribution in [1.82, 2.24) is 9.55 Å². The second kappa shape index (κ2) is 6.38. The van der Waals surface area contributed by atoms with Gasteiger partial charge in [-0.15, -0.1) is 11.3 Å². The predicted molar refractivity (Wildman–Crippen MR) is 98.1 cm³/mol. The molecule has 0 aliphatic carbocycles. The number of hydrogen-bond acceptors (Lipinski definition) is 5. The Morgan fingerprint density at radius 2 is 1.77 bits per heavy atom. The van der Waals surface area contributed by atoms with E-state index in [9.17, 15) is 24.6 Å². The Morgan fingerprint density at radius 1 is 1.15 bits per heavy atom. The Bertz CT molecular complexity index is 1100. The third-order valence-electron chi connectivity index (χ3n) is 4.25. The van der Waals surface area contributed by atoms with E-state index in [0.29, 0.717) is 11.1 Å². The number of aliphatic carboxylic acids is 1. The summed E-state index contributed by atoms with van der Waals surface area (Å²) < 4.78 is 1.11. The summed E-state index contributed by atoms with van der Waals surface area (Å²) in [4.78, 5) is 40.8. The molecule has 1 unspecified atom stereocenters. The van der Waals surface area contributed by atoms with Gasteiger partial charge in [-0.3, -0.25) is 9.36 Å². The molecule has 3 rings (SSSR count). The van der Waals surface area contributed by atoms with Gasteiger partial charge in [-0.05, 0) is 26.3 Å². The molecule has 134 valence electrons. The summed E-state index contributed by atoms with van der Waals surface area (Å²) in [7, 11) is 0. The van der Waals surface area contributed by atoms with E-state index in [2.05, 4.69) is 4.98 Å². The van der Waals surface area contributed by atoms with E-state index < -0.39 is 23.5 Å². The van der Waals surface area contributed by atoms with Gasteiger partial charge in [0.1, 0.15) is 21.6 Å². The molecule has 0 bridgehead atoms. The maximum absolute atomic E-state index is 13.1. The van der Waals surface area contributed by atoms with Crippen LogP contribution in [0.3, 0.4) is 0 Å². The summed E-state index contributed by atoms with van der Waals surface area (Å²) in [5, 5.41) is 18.9. The van der Waals surface area contributed by atoms with Gasteiger partial charge in [0.05, 0.1) is 5.39 Å². The third kappa shape index (κ3) is 2.78. The molecular formula is C18H16N2O5S. The SMILES string of the molecule is Cc1ccc(-c2nc3sc(C(=O)O)c(C)c3c(=O)n2C(C)C(=O)O)cc1. The molecule has 0 aliphatic heterocycles. The average molecular weight is 372 g/mol. The molecule has 2 heterocycles. The minimum absolute atomic E-state index is 0.0279. The molecule has 8 heteroatoms. The highest BCUT2D eigenvalue weighted by molar-refractivity contribution is 7.20. The van der Waals surface area contributed by atoms with Crippen molar-refractivity contribution in [2.24, 2.45) is 0 Å². The zero-order valence-electron chi connectivity index (χ0n) is 14.3. The lowest BCUT2D eigenvalue weighted by Crippen LogP contribution is -2.30. The third-order valence-corrected chi connectivity index (χ3v) is 5.42. The van der Waals surface area contributed by atoms with Gasteiger partial charge in [0.15, 0.2) is 0 Å². The van der Waals surface area contributed by atoms with Crippen molar-refractivity contribution in [2.45, 2.75) is 26.8 Å². The molecule has 0 radical (unpaired) electrons. The number of aromatic carboxylic acids is 1. The van der Waals surface area contributed by atoms with E-state index in [0.717, 1.165) is 21.5 Å². The number of carbonyl (C=O) groups is 2. The number of aryl methyl sites for hydroxylation is 2. The second-order valence-electron chi connectivity index (χ2n) is 6.03. The minimum Gasteiger partial charge on any atom is -0.480 e. The molecule has 26 heavy (non-hydrogen) atoms. The standard InChI is InChI=1S/C18H16N2O5S/c1-8-4-6-11(7-5-8)14-19-15-12(9(2)13(26-15)18(24)25)16(21)20(14)10(3)17(22)23/h4-7,10H,1-3H3,(H,22,23)(H,24,25). The van der Waals surface area contributed by atoms with Gasteiger partial charge >= 0.3 is 11.9 Å². The van der Waals surface area contributed by atoms with Crippen LogP contribution >= 0.6 is 11.3 Å². The summed E-state index contributed by atoms with van der Waals surface area (Å²) >= 11 is 0.916. The fourth-order valence-corrected chi connectivity index (χ4v) is 3.79. The number of hydrogen-bond donors (Lipinski definition) is 2. The van der Waals surface area contributed by atoms with Crippen LogP contribution < -0.4 is 5.56 Å². The van der Waals surface area contributed by atoms with Gasteiger partial charge in [0.25, 0.3) is 5.56 Å². The lowest BCUT2D eigenvalue weighted by Gasteiger charge is -2.16. The molecule has 0 saturated heterocycles. The number of carboxylic acids is 2. The summed E-state index contributed by atoms with van der Waals surface area (Å²) in [5.41, 5.74) is 1.35. The molecule has 0 saturated carbocycles. The van der Waals surface area contributed by atoms with Crippen molar-refractivity contribution < 1.29 is 19.8 Å². The van der Waals surface area contributed by atoms with Crippen LogP contribution in [0, 0.1) is 13.8 Å². The number of nitrogens with zero attached hydrogens (tertiary/aromatic N) is 2. The Kier molecular flexibility index (Phi) is 4.37. The van der Waals surface area contributed by atoms with Gasteiger partial charge in [-0.1, -0.05) is 29.8 Å². The molecular weight excluding hydrogens is 356 g/mol. The van der Waals surface area contributed by atoms with E-state index in [1.54, 1.807) is 12.1 Å². The average Bonchev–Trinajstić information content (AvgIpc) is 2.92. The molecule has 2 N–H and O–H groups in total. The summed E-state index contributed by atoms with van der Waals surface area (Å²) in [6, 6.07) is 6.04. The van der Waals surface area contributed by atoms with Crippen molar-refractivity contribution >= 4 is 33.5 Å². The van der Waals surface area contributed by atoms with Crippen LogP contribution in [0.4, 0.5) is 0 Å². The fourth-order valence-electron chi connectivity index (χ4n) is 2.78. The minimum atomic E-state index is -1.17. The van der Waals surface area contributed by atoms with Crippen LogP contribution in [0.2, 0.25) is 0 Å². The molecule has 0 fully saturated rings. The van der Waals surface area contributed by atoms with Gasteiger partial charge in [0, 0.05) is 5.56 Å². The maximum atomic E-state index is 13.1. The fraction of sp³-hybridized carbons (Fsp3) is 0.222. The molecule has 1 atom stereocenters. The van der Waals surface area contributed by atoms with Gasteiger partial charge in [-0.2, -0.15) is 0 Å². The first-order chi connectivity index (χ1) is 12.2. The number of fused-ring (bicyclic) bond motifs is 1. The van der Waals surface area contributed by atoms with E-state index in [1.165, 1.54) is 13.8 Å². The topological polar surface area (TPSA) is 109 Å². The number of rotatable bonds is 4. The van der Waals surface area contributed by atoms with Crippen LogP contribution in [-0.4, -0.2) is 31.7 Å². The summed E-state index contributed by atoms with van der Waals surface area (Å²) in [5.74, 6) is -2.11. The Morgan fingerprint density at radius 3 is 2.31 bits per heavy atom. The van der Waals surface area contributed by atoms with Crippen LogP contribution in [0.15, 0.2) is 29.1 Å². The van der Waals surface area contributed by atoms with E-state index in [1.807, 2.05) is 19.1 Å². The largest absolute Gasteiger partial charge is 0.480 e. The van der Waals surface area contributed by atoms with E-state index in [-0.39, 0.29) is 20.9 Å². The molecule has 7 nitrogen and oxygen atoms in total. The van der Waals surface area contributed by atoms with Crippen molar-refractivity contribution in [1.29, 1.82) is 0 Å². The Hall–Kier alpha value is -3.00. The number of thiophene rings is 1. The quantitative estimate of drug-likeness (QED) is 0.728. The summed E-state index contributed by atoms with van der Waals surface area (Å²) in [6.07, 6.45) is 0. The molecule has 0 aliphatic rings. The van der Waals surface area contributed by atoms with E-state index >= 15 is 0 Å². The van der Waals surface area contributed by atoms with Crippen LogP contribution in [-0.2, 0) is 4.79 Å². The number of carboxylic acid groups (broad SMARTS) is 2. The number of aromatic nitrogens is 2. The van der Waals surface area contributed by atoms with E-state index in [4.69, 9.17) is 0 Å². The smallest absolute Gasteiger partial charge is 0.346 e. The molecule has 2 aromatic heterocycles. The lowest BCUT2D eigenvalue weighted by molar-refractivity contribution is -0.140. The zero-order chi connectivity index (χ0) is 19.2. The number of benzene rings is 1. The van der Waals surface area contributed by atoms with Crippen molar-refractivity contribution in [3.8, 4) is 11.4 Å². The lowest BCUT2D eigenvalue weighted by atomic mass is 10.1. The first-order valence-corrected chi connectivity index (χ1v) is 8.62. The summed E-state index contributed by atoms with van der Waals surface area (Å²) in [6.45, 7) is 4.84. The highest BCUT2D eigenvalue weighted by Gasteiger charge is 2.26.